The van der Waals surface area contributed by atoms with Crippen molar-refractivity contribution in [2.45, 2.75) is 191 Å². The first kappa shape index (κ1) is 47.4. The highest BCUT2D eigenvalue weighted by Crippen LogP contribution is 2.30. The molecule has 1 unspecified atom stereocenters. The Bertz CT molecular complexity index is 1030. The van der Waals surface area contributed by atoms with Crippen molar-refractivity contribution in [1.29, 1.82) is 0 Å². The lowest BCUT2D eigenvalue weighted by Gasteiger charge is -2.46. The molecule has 2 aliphatic heterocycles. The highest BCUT2D eigenvalue weighted by Gasteiger charge is 2.51. The van der Waals surface area contributed by atoms with Gasteiger partial charge in [-0.15, -0.1) is 0 Å². The molecular weight excluding hydrogens is 694 g/mol. The van der Waals surface area contributed by atoms with Crippen LogP contribution in [-0.2, 0) is 33.3 Å². The van der Waals surface area contributed by atoms with Gasteiger partial charge >= 0.3 is 5.97 Å². The summed E-state index contributed by atoms with van der Waals surface area (Å²) in [6.07, 6.45) is 2.07. The Hall–Kier alpha value is -1.76. The number of hydrogen-bond acceptors (Lipinski definition) is 14. The third-order valence-corrected chi connectivity index (χ3v) is 9.62. The maximum atomic E-state index is 12.3. The summed E-state index contributed by atoms with van der Waals surface area (Å²) >= 11 is 0. The van der Waals surface area contributed by atoms with E-state index in [1.807, 2.05) is 20.8 Å². The summed E-state index contributed by atoms with van der Waals surface area (Å²) in [6.45, 7) is 6.66. The zero-order valence-electron chi connectivity index (χ0n) is 32.2. The molecule has 0 aromatic carbocycles. The fraction of sp³-hybridized carbons (Fsp3) is 0.895. The summed E-state index contributed by atoms with van der Waals surface area (Å²) in [7, 11) is 0. The van der Waals surface area contributed by atoms with Crippen LogP contribution in [0.1, 0.15) is 118 Å². The van der Waals surface area contributed by atoms with E-state index in [4.69, 9.17) is 23.7 Å². The van der Waals surface area contributed by atoms with E-state index in [9.17, 15) is 45.3 Å². The predicted molar refractivity (Wildman–Crippen MR) is 194 cm³/mol. The third-order valence-electron chi connectivity index (χ3n) is 9.62. The minimum Gasteiger partial charge on any atom is -0.464 e. The Morgan fingerprint density at radius 3 is 1.85 bits per heavy atom. The van der Waals surface area contributed by atoms with Gasteiger partial charge in [0.25, 0.3) is 0 Å². The average Bonchev–Trinajstić information content (AvgIpc) is 3.12. The smallest absolute Gasteiger partial charge is 0.328 e. The quantitative estimate of drug-likeness (QED) is 0.0356. The van der Waals surface area contributed by atoms with Crippen LogP contribution in [0.5, 0.6) is 0 Å². The van der Waals surface area contributed by atoms with Crippen LogP contribution in [0.3, 0.4) is 0 Å². The van der Waals surface area contributed by atoms with Crippen LogP contribution >= 0.6 is 0 Å². The third kappa shape index (κ3) is 16.9. The molecule has 12 atom stereocenters. The van der Waals surface area contributed by atoms with Gasteiger partial charge in [-0.05, 0) is 64.7 Å². The van der Waals surface area contributed by atoms with Crippen molar-refractivity contribution in [1.82, 2.24) is 5.32 Å². The lowest BCUT2D eigenvalue weighted by molar-refractivity contribution is -0.371. The maximum Gasteiger partial charge on any atom is 0.328 e. The van der Waals surface area contributed by atoms with Crippen LogP contribution in [0, 0.1) is 5.92 Å². The molecule has 2 saturated heterocycles. The zero-order chi connectivity index (χ0) is 39.3. The number of esters is 1. The normalized spacial score (nSPS) is 30.4. The molecule has 0 radical (unpaired) electrons. The van der Waals surface area contributed by atoms with Gasteiger partial charge in [-0.25, -0.2) is 4.79 Å². The van der Waals surface area contributed by atoms with Gasteiger partial charge < -0.3 is 64.7 Å². The standard InChI is InChI=1S/C38H69NO14/c1-5-49-36(48)26(21-24(2)3)39-29(42)20-18-16-14-12-10-8-6-7-9-11-13-15-17-19-25(4)50-38-35(33(46)31(44)28(23-41)52-38)53-37-34(47)32(45)30(43)27(22-40)51-37/h6-7,24-28,30-35,37-38,40-41,43-47H,5,8-23H2,1-4H3,(H,39,42)/b7-6-/t25?,26-,27+,28+,30+,31+,32-,33-,34+,35+,37-,38+/m0/s1. The second kappa shape index (κ2) is 26.2. The second-order valence-corrected chi connectivity index (χ2v) is 14.7. The summed E-state index contributed by atoms with van der Waals surface area (Å²) < 4.78 is 27.9. The minimum absolute atomic E-state index is 0.0981. The molecule has 2 aliphatic rings. The van der Waals surface area contributed by atoms with E-state index in [-0.39, 0.29) is 23.9 Å². The van der Waals surface area contributed by atoms with Gasteiger partial charge in [-0.3, -0.25) is 4.79 Å². The molecule has 15 nitrogen and oxygen atoms in total. The molecule has 0 aromatic rings. The number of hydrogen-bond donors (Lipinski definition) is 8. The van der Waals surface area contributed by atoms with E-state index in [1.165, 1.54) is 0 Å². The lowest BCUT2D eigenvalue weighted by atomic mass is 9.97. The van der Waals surface area contributed by atoms with Crippen molar-refractivity contribution in [3.63, 3.8) is 0 Å². The van der Waals surface area contributed by atoms with E-state index >= 15 is 0 Å². The number of aliphatic hydroxyl groups is 7. The molecule has 2 fully saturated rings. The number of ether oxygens (including phenoxy) is 5. The Labute approximate surface area is 315 Å². The number of rotatable bonds is 26. The topological polar surface area (TPSA) is 234 Å². The average molecular weight is 764 g/mol. The van der Waals surface area contributed by atoms with E-state index < -0.39 is 80.7 Å². The molecule has 0 bridgehead atoms. The highest BCUT2D eigenvalue weighted by atomic mass is 16.8. The van der Waals surface area contributed by atoms with Gasteiger partial charge in [-0.2, -0.15) is 0 Å². The summed E-state index contributed by atoms with van der Waals surface area (Å²) in [6, 6.07) is -0.579. The lowest BCUT2D eigenvalue weighted by Crippen LogP contribution is -2.64. The Morgan fingerprint density at radius 2 is 1.26 bits per heavy atom. The highest BCUT2D eigenvalue weighted by molar-refractivity contribution is 5.84. The maximum absolute atomic E-state index is 12.3. The molecule has 310 valence electrons. The largest absolute Gasteiger partial charge is 0.464 e. The van der Waals surface area contributed by atoms with E-state index in [1.54, 1.807) is 6.92 Å². The van der Waals surface area contributed by atoms with Crippen molar-refractivity contribution in [2.24, 2.45) is 5.92 Å². The molecule has 0 spiro atoms. The summed E-state index contributed by atoms with van der Waals surface area (Å²) in [5, 5.41) is 73.8. The first-order chi connectivity index (χ1) is 25.3. The molecule has 0 aromatic heterocycles. The fourth-order valence-corrected chi connectivity index (χ4v) is 6.50. The van der Waals surface area contributed by atoms with Crippen LogP contribution in [-0.4, -0.2) is 141 Å². The van der Waals surface area contributed by atoms with Crippen molar-refractivity contribution in [3.8, 4) is 0 Å². The van der Waals surface area contributed by atoms with E-state index in [0.717, 1.165) is 70.6 Å². The van der Waals surface area contributed by atoms with Gasteiger partial charge in [0.05, 0.1) is 25.9 Å². The number of amides is 1. The summed E-state index contributed by atoms with van der Waals surface area (Å²) in [4.78, 5) is 24.4. The second-order valence-electron chi connectivity index (χ2n) is 14.7. The fourth-order valence-electron chi connectivity index (χ4n) is 6.50. The molecule has 1 amide bonds. The van der Waals surface area contributed by atoms with Gasteiger partial charge in [0.2, 0.25) is 5.91 Å². The summed E-state index contributed by atoms with van der Waals surface area (Å²) in [5.41, 5.74) is 0. The van der Waals surface area contributed by atoms with Crippen LogP contribution in [0.15, 0.2) is 12.2 Å². The van der Waals surface area contributed by atoms with Gasteiger partial charge in [0, 0.05) is 6.42 Å². The Morgan fingerprint density at radius 1 is 0.717 bits per heavy atom. The van der Waals surface area contributed by atoms with E-state index in [0.29, 0.717) is 25.9 Å². The Kier molecular flexibility index (Phi) is 23.4. The monoisotopic (exact) mass is 763 g/mol. The van der Waals surface area contributed by atoms with Gasteiger partial charge in [0.15, 0.2) is 12.6 Å². The van der Waals surface area contributed by atoms with Crippen LogP contribution < -0.4 is 5.32 Å². The van der Waals surface area contributed by atoms with Crippen LogP contribution in [0.4, 0.5) is 0 Å². The number of nitrogens with one attached hydrogen (secondary N) is 1. The van der Waals surface area contributed by atoms with Crippen molar-refractivity contribution in [3.05, 3.63) is 12.2 Å². The SMILES string of the molecule is CCOC(=O)[C@H](CC(C)C)NC(=O)CCCCCCC/C=C\CCCCCCC(C)O[C@@H]1O[C@H](CO)[C@@H](O)[C@H](O)[C@H]1O[C@@H]1O[C@H](CO)[C@@H](O)[C@H](O)[C@H]1O. The van der Waals surface area contributed by atoms with Crippen molar-refractivity contribution >= 4 is 11.9 Å². The number of carbonyl (C=O) groups excluding carboxylic acids is 2. The first-order valence-electron chi connectivity index (χ1n) is 19.7. The molecular formula is C38H69NO14. The number of unbranched alkanes of at least 4 members (excludes halogenated alkanes) is 9. The minimum atomic E-state index is -1.72. The van der Waals surface area contributed by atoms with E-state index in [2.05, 4.69) is 17.5 Å². The van der Waals surface area contributed by atoms with Crippen molar-refractivity contribution in [2.75, 3.05) is 19.8 Å². The Balaban J connectivity index is 1.60. The molecule has 0 aliphatic carbocycles. The van der Waals surface area contributed by atoms with Gasteiger partial charge in [0.1, 0.15) is 54.9 Å². The molecule has 15 heteroatoms. The molecule has 2 heterocycles. The molecule has 2 rings (SSSR count). The van der Waals surface area contributed by atoms with Crippen LogP contribution in [0.2, 0.25) is 0 Å². The van der Waals surface area contributed by atoms with Crippen molar-refractivity contribution < 1.29 is 69.0 Å². The molecule has 0 saturated carbocycles. The summed E-state index contributed by atoms with van der Waals surface area (Å²) in [5.74, 6) is -0.186. The molecule has 8 N–H and O–H groups in total. The molecule has 53 heavy (non-hydrogen) atoms. The zero-order valence-corrected chi connectivity index (χ0v) is 32.2. The first-order valence-corrected chi connectivity index (χ1v) is 19.7. The number of carbonyl (C=O) groups is 2. The van der Waals surface area contributed by atoms with Crippen LogP contribution in [0.25, 0.3) is 0 Å². The predicted octanol–water partition coefficient (Wildman–Crippen LogP) is 1.74. The van der Waals surface area contributed by atoms with Gasteiger partial charge in [-0.1, -0.05) is 64.5 Å². The number of aliphatic hydroxyl groups excluding tert-OH is 7. The number of allylic oxidation sites excluding steroid dienone is 2.